The number of hydrogen-bond donors (Lipinski definition) is 2. The smallest absolute Gasteiger partial charge is 0.290 e. The Bertz CT molecular complexity index is 55.3. The average molecular weight is 168 g/mol. The van der Waals surface area contributed by atoms with Gasteiger partial charge in [0.2, 0.25) is 0 Å². The second-order valence-electron chi connectivity index (χ2n) is 1.92. The van der Waals surface area contributed by atoms with E-state index in [0.717, 1.165) is 0 Å². The van der Waals surface area contributed by atoms with Gasteiger partial charge in [0.05, 0.1) is 0 Å². The summed E-state index contributed by atoms with van der Waals surface area (Å²) >= 11 is 0. The Kier molecular flexibility index (Phi) is 14.3. The third-order valence-electron chi connectivity index (χ3n) is 1.21. The van der Waals surface area contributed by atoms with E-state index in [9.17, 15) is 0 Å². The molecule has 0 aromatic rings. The van der Waals surface area contributed by atoms with Crippen molar-refractivity contribution < 1.29 is 9.90 Å². The Hall–Kier alpha value is -0.280. The number of halogens is 1. The molecule has 0 aromatic carbocycles. The molecule has 1 fully saturated rings. The van der Waals surface area contributed by atoms with Crippen molar-refractivity contribution in [3.63, 3.8) is 0 Å². The van der Waals surface area contributed by atoms with Crippen LogP contribution in [-0.4, -0.2) is 24.7 Å². The highest BCUT2D eigenvalue weighted by molar-refractivity contribution is 5.85. The summed E-state index contributed by atoms with van der Waals surface area (Å²) in [4.78, 5) is 8.36. The Morgan fingerprint density at radius 1 is 1.20 bits per heavy atom. The molecule has 0 spiro atoms. The van der Waals surface area contributed by atoms with Crippen LogP contribution in [0.1, 0.15) is 19.3 Å². The van der Waals surface area contributed by atoms with Gasteiger partial charge in [0.25, 0.3) is 6.47 Å². The zero-order chi connectivity index (χ0) is 6.95. The van der Waals surface area contributed by atoms with Gasteiger partial charge in [0, 0.05) is 0 Å². The largest absolute Gasteiger partial charge is 0.483 e. The number of carbonyl (C=O) groups is 1. The van der Waals surface area contributed by atoms with Crippen molar-refractivity contribution in [1.29, 1.82) is 0 Å². The third-order valence-corrected chi connectivity index (χ3v) is 1.21. The molecule has 0 unspecified atom stereocenters. The molecule has 0 amide bonds. The van der Waals surface area contributed by atoms with Crippen LogP contribution in [0.15, 0.2) is 0 Å². The summed E-state index contributed by atoms with van der Waals surface area (Å²) in [7, 11) is 0. The SMILES string of the molecule is C1CCNCC1.Cl.O=CO. The molecule has 3 nitrogen and oxygen atoms in total. The second kappa shape index (κ2) is 11.5. The molecule has 1 saturated heterocycles. The van der Waals surface area contributed by atoms with Crippen molar-refractivity contribution in [3.8, 4) is 0 Å². The van der Waals surface area contributed by atoms with E-state index < -0.39 is 0 Å². The molecule has 10 heavy (non-hydrogen) atoms. The van der Waals surface area contributed by atoms with Gasteiger partial charge in [0.1, 0.15) is 0 Å². The zero-order valence-electron chi connectivity index (χ0n) is 5.88. The Labute approximate surface area is 67.2 Å². The number of nitrogens with one attached hydrogen (secondary N) is 1. The van der Waals surface area contributed by atoms with Crippen LogP contribution in [0, 0.1) is 0 Å². The predicted octanol–water partition coefficient (Wildman–Crippen LogP) is 0.882. The fourth-order valence-corrected chi connectivity index (χ4v) is 0.802. The fourth-order valence-electron chi connectivity index (χ4n) is 0.802. The van der Waals surface area contributed by atoms with Crippen LogP contribution >= 0.6 is 12.4 Å². The Morgan fingerprint density at radius 3 is 1.70 bits per heavy atom. The van der Waals surface area contributed by atoms with E-state index in [1.807, 2.05) is 0 Å². The first kappa shape index (κ1) is 12.4. The van der Waals surface area contributed by atoms with Crippen LogP contribution in [0.4, 0.5) is 0 Å². The number of hydrogen-bond acceptors (Lipinski definition) is 2. The summed E-state index contributed by atoms with van der Waals surface area (Å²) in [5.41, 5.74) is 0. The lowest BCUT2D eigenvalue weighted by atomic mass is 10.2. The summed E-state index contributed by atoms with van der Waals surface area (Å²) in [6, 6.07) is 0. The van der Waals surface area contributed by atoms with E-state index in [1.165, 1.54) is 32.4 Å². The third kappa shape index (κ3) is 10.7. The minimum absolute atomic E-state index is 0. The fraction of sp³-hybridized carbons (Fsp3) is 0.833. The Morgan fingerprint density at radius 2 is 1.60 bits per heavy atom. The first-order valence-corrected chi connectivity index (χ1v) is 3.20. The second-order valence-corrected chi connectivity index (χ2v) is 1.92. The van der Waals surface area contributed by atoms with Gasteiger partial charge in [-0.2, -0.15) is 0 Å². The van der Waals surface area contributed by atoms with Crippen molar-refractivity contribution in [2.24, 2.45) is 0 Å². The maximum absolute atomic E-state index is 8.36. The molecule has 0 aromatic heterocycles. The monoisotopic (exact) mass is 167 g/mol. The molecule has 0 saturated carbocycles. The van der Waals surface area contributed by atoms with Gasteiger partial charge >= 0.3 is 0 Å². The van der Waals surface area contributed by atoms with Crippen molar-refractivity contribution in [3.05, 3.63) is 0 Å². The van der Waals surface area contributed by atoms with Gasteiger partial charge in [-0.1, -0.05) is 6.42 Å². The van der Waals surface area contributed by atoms with Crippen molar-refractivity contribution in [2.75, 3.05) is 13.1 Å². The lowest BCUT2D eigenvalue weighted by Crippen LogP contribution is -2.21. The molecule has 1 rings (SSSR count). The van der Waals surface area contributed by atoms with Gasteiger partial charge < -0.3 is 10.4 Å². The van der Waals surface area contributed by atoms with E-state index in [4.69, 9.17) is 9.90 Å². The highest BCUT2D eigenvalue weighted by Crippen LogP contribution is 1.96. The van der Waals surface area contributed by atoms with Crippen LogP contribution in [-0.2, 0) is 4.79 Å². The highest BCUT2D eigenvalue weighted by Gasteiger charge is 1.93. The molecule has 0 radical (unpaired) electrons. The van der Waals surface area contributed by atoms with E-state index in [0.29, 0.717) is 0 Å². The lowest BCUT2D eigenvalue weighted by Gasteiger charge is -2.08. The summed E-state index contributed by atoms with van der Waals surface area (Å²) in [6.07, 6.45) is 4.22. The molecule has 0 bridgehead atoms. The molecule has 0 atom stereocenters. The van der Waals surface area contributed by atoms with Crippen molar-refractivity contribution in [2.45, 2.75) is 19.3 Å². The van der Waals surface area contributed by atoms with Gasteiger partial charge in [-0.25, -0.2) is 0 Å². The maximum Gasteiger partial charge on any atom is 0.290 e. The van der Waals surface area contributed by atoms with E-state index in [-0.39, 0.29) is 18.9 Å². The molecule has 0 aliphatic carbocycles. The molecule has 1 aliphatic rings. The van der Waals surface area contributed by atoms with E-state index in [2.05, 4.69) is 5.32 Å². The maximum atomic E-state index is 8.36. The van der Waals surface area contributed by atoms with Crippen molar-refractivity contribution >= 4 is 18.9 Å². The molecule has 4 heteroatoms. The van der Waals surface area contributed by atoms with Gasteiger partial charge in [-0.05, 0) is 25.9 Å². The summed E-state index contributed by atoms with van der Waals surface area (Å²) < 4.78 is 0. The molecule has 1 heterocycles. The first-order valence-electron chi connectivity index (χ1n) is 3.20. The molecule has 1 aliphatic heterocycles. The topological polar surface area (TPSA) is 49.3 Å². The van der Waals surface area contributed by atoms with Crippen molar-refractivity contribution in [1.82, 2.24) is 5.32 Å². The van der Waals surface area contributed by atoms with Crippen LogP contribution in [0.5, 0.6) is 0 Å². The number of rotatable bonds is 0. The molecule has 2 N–H and O–H groups in total. The first-order chi connectivity index (χ1) is 4.41. The molecule has 62 valence electrons. The summed E-state index contributed by atoms with van der Waals surface area (Å²) in [5, 5.41) is 10.2. The standard InChI is InChI=1S/C5H11N.CH2O2.ClH/c1-2-4-6-5-3-1;2-1-3;/h6H,1-5H2;1H,(H,2,3);1H. The van der Waals surface area contributed by atoms with E-state index in [1.54, 1.807) is 0 Å². The molecular formula is C6H14ClNO2. The van der Waals surface area contributed by atoms with Crippen LogP contribution in [0.25, 0.3) is 0 Å². The lowest BCUT2D eigenvalue weighted by molar-refractivity contribution is -0.122. The minimum atomic E-state index is -0.250. The number of carboxylic acid groups (broad SMARTS) is 1. The quantitative estimate of drug-likeness (QED) is 0.527. The minimum Gasteiger partial charge on any atom is -0.483 e. The van der Waals surface area contributed by atoms with E-state index >= 15 is 0 Å². The van der Waals surface area contributed by atoms with Crippen LogP contribution in [0.2, 0.25) is 0 Å². The van der Waals surface area contributed by atoms with Gasteiger partial charge in [-0.15, -0.1) is 12.4 Å². The van der Waals surface area contributed by atoms with Crippen LogP contribution in [0.3, 0.4) is 0 Å². The number of piperidine rings is 1. The zero-order valence-corrected chi connectivity index (χ0v) is 6.69. The average Bonchev–Trinajstić information content (AvgIpc) is 1.93. The van der Waals surface area contributed by atoms with Crippen LogP contribution < -0.4 is 5.32 Å². The van der Waals surface area contributed by atoms with Gasteiger partial charge in [0.15, 0.2) is 0 Å². The molecular weight excluding hydrogens is 154 g/mol. The Balaban J connectivity index is 0. The normalized spacial score (nSPS) is 15.6. The highest BCUT2D eigenvalue weighted by atomic mass is 35.5. The predicted molar refractivity (Wildman–Crippen MR) is 42.7 cm³/mol. The summed E-state index contributed by atoms with van der Waals surface area (Å²) in [5.74, 6) is 0. The summed E-state index contributed by atoms with van der Waals surface area (Å²) in [6.45, 7) is 2.25. The van der Waals surface area contributed by atoms with Gasteiger partial charge in [-0.3, -0.25) is 4.79 Å².